The minimum absolute atomic E-state index is 0.0172. The summed E-state index contributed by atoms with van der Waals surface area (Å²) in [5.74, 6) is -0.0567. The topological polar surface area (TPSA) is 52.7 Å². The van der Waals surface area contributed by atoms with Gasteiger partial charge in [-0.25, -0.2) is 0 Å². The highest BCUT2D eigenvalue weighted by atomic mass is 16.2. The summed E-state index contributed by atoms with van der Waals surface area (Å²) < 4.78 is 0. The molecule has 160 valence electrons. The van der Waals surface area contributed by atoms with Crippen LogP contribution in [0, 0.1) is 13.8 Å². The number of hydrogen-bond donors (Lipinski definition) is 1. The van der Waals surface area contributed by atoms with E-state index < -0.39 is 0 Å². The van der Waals surface area contributed by atoms with Crippen LogP contribution in [0.15, 0.2) is 48.5 Å². The maximum atomic E-state index is 12.7. The van der Waals surface area contributed by atoms with E-state index in [1.54, 1.807) is 0 Å². The van der Waals surface area contributed by atoms with Crippen LogP contribution in [0.1, 0.15) is 45.9 Å². The Kier molecular flexibility index (Phi) is 7.77. The maximum Gasteiger partial charge on any atom is 0.220 e. The van der Waals surface area contributed by atoms with E-state index in [2.05, 4.69) is 34.3 Å². The number of carbonyl (C=O) groups excluding carboxylic acids is 2. The molecule has 0 aliphatic carbocycles. The summed E-state index contributed by atoms with van der Waals surface area (Å²) >= 11 is 0. The number of amides is 1. The number of ketones is 1. The van der Waals surface area contributed by atoms with Crippen molar-refractivity contribution in [3.05, 3.63) is 70.8 Å². The molecule has 0 spiro atoms. The molecule has 2 aromatic carbocycles. The Hall–Kier alpha value is -2.50. The van der Waals surface area contributed by atoms with Crippen LogP contribution in [0.3, 0.4) is 0 Å². The monoisotopic (exact) mass is 407 g/mol. The van der Waals surface area contributed by atoms with Gasteiger partial charge in [-0.2, -0.15) is 0 Å². The lowest BCUT2D eigenvalue weighted by Crippen LogP contribution is -2.47. The summed E-state index contributed by atoms with van der Waals surface area (Å²) in [7, 11) is 2.14. The summed E-state index contributed by atoms with van der Waals surface area (Å²) in [5.41, 5.74) is 4.05. The molecule has 1 atom stereocenters. The van der Waals surface area contributed by atoms with E-state index in [9.17, 15) is 9.59 Å². The van der Waals surface area contributed by atoms with E-state index in [1.165, 1.54) is 5.56 Å². The van der Waals surface area contributed by atoms with E-state index in [4.69, 9.17) is 0 Å². The van der Waals surface area contributed by atoms with E-state index in [1.807, 2.05) is 50.2 Å². The number of piperazine rings is 1. The minimum atomic E-state index is -0.0739. The van der Waals surface area contributed by atoms with Gasteiger partial charge in [0.2, 0.25) is 5.91 Å². The fourth-order valence-electron chi connectivity index (χ4n) is 3.76. The van der Waals surface area contributed by atoms with Gasteiger partial charge in [-0.1, -0.05) is 42.5 Å². The van der Waals surface area contributed by atoms with Crippen LogP contribution in [0.4, 0.5) is 0 Å². The minimum Gasteiger partial charge on any atom is -0.348 e. The van der Waals surface area contributed by atoms with E-state index in [-0.39, 0.29) is 30.6 Å². The molecule has 1 amide bonds. The van der Waals surface area contributed by atoms with E-state index in [0.29, 0.717) is 5.56 Å². The van der Waals surface area contributed by atoms with Gasteiger partial charge in [-0.3, -0.25) is 14.5 Å². The van der Waals surface area contributed by atoms with Crippen LogP contribution in [-0.2, 0) is 4.79 Å². The molecule has 30 heavy (non-hydrogen) atoms. The quantitative estimate of drug-likeness (QED) is 0.682. The van der Waals surface area contributed by atoms with Gasteiger partial charge < -0.3 is 10.2 Å². The smallest absolute Gasteiger partial charge is 0.220 e. The van der Waals surface area contributed by atoms with Crippen molar-refractivity contribution in [1.82, 2.24) is 15.1 Å². The van der Waals surface area contributed by atoms with Gasteiger partial charge in [-0.05, 0) is 43.7 Å². The van der Waals surface area contributed by atoms with Crippen LogP contribution in [0.5, 0.6) is 0 Å². The van der Waals surface area contributed by atoms with E-state index in [0.717, 1.165) is 43.9 Å². The molecular formula is C25H33N3O2. The lowest BCUT2D eigenvalue weighted by atomic mass is 10.0. The second-order valence-electron chi connectivity index (χ2n) is 8.36. The van der Waals surface area contributed by atoms with Gasteiger partial charge >= 0.3 is 0 Å². The number of hydrogen-bond acceptors (Lipinski definition) is 4. The molecule has 2 aromatic rings. The lowest BCUT2D eigenvalue weighted by molar-refractivity contribution is -0.122. The molecule has 5 heteroatoms. The van der Waals surface area contributed by atoms with Crippen LogP contribution in [0.2, 0.25) is 0 Å². The average molecular weight is 408 g/mol. The van der Waals surface area contributed by atoms with Crippen molar-refractivity contribution in [2.45, 2.75) is 32.7 Å². The summed E-state index contributed by atoms with van der Waals surface area (Å²) in [4.78, 5) is 29.9. The van der Waals surface area contributed by atoms with Crippen molar-refractivity contribution >= 4 is 11.7 Å². The zero-order valence-corrected chi connectivity index (χ0v) is 18.4. The number of nitrogens with one attached hydrogen (secondary N) is 1. The first-order chi connectivity index (χ1) is 14.4. The van der Waals surface area contributed by atoms with Crippen LogP contribution >= 0.6 is 0 Å². The maximum absolute atomic E-state index is 12.7. The largest absolute Gasteiger partial charge is 0.348 e. The van der Waals surface area contributed by atoms with Crippen molar-refractivity contribution in [1.29, 1.82) is 0 Å². The summed E-state index contributed by atoms with van der Waals surface area (Å²) in [5, 5.41) is 3.17. The van der Waals surface area contributed by atoms with Crippen LogP contribution < -0.4 is 5.32 Å². The third kappa shape index (κ3) is 6.25. The van der Waals surface area contributed by atoms with Crippen LogP contribution in [0.25, 0.3) is 0 Å². The lowest BCUT2D eigenvalue weighted by Gasteiger charge is -2.35. The highest BCUT2D eigenvalue weighted by molar-refractivity contribution is 5.98. The first kappa shape index (κ1) is 22.2. The first-order valence-corrected chi connectivity index (χ1v) is 10.8. The third-order valence-corrected chi connectivity index (χ3v) is 5.98. The fraction of sp³-hybridized carbons (Fsp3) is 0.440. The van der Waals surface area contributed by atoms with Crippen molar-refractivity contribution in [3.63, 3.8) is 0 Å². The van der Waals surface area contributed by atoms with Gasteiger partial charge in [0, 0.05) is 51.1 Å². The Morgan fingerprint density at radius 2 is 1.63 bits per heavy atom. The second-order valence-corrected chi connectivity index (χ2v) is 8.36. The van der Waals surface area contributed by atoms with Gasteiger partial charge in [0.05, 0.1) is 6.04 Å². The zero-order chi connectivity index (χ0) is 21.5. The predicted octanol–water partition coefficient (Wildman–Crippen LogP) is 3.37. The SMILES string of the molecule is Cc1ccc(C(=O)CCC(=O)NC(CN2CCN(C)CC2)c2ccccc2)cc1C. The van der Waals surface area contributed by atoms with Crippen LogP contribution in [-0.4, -0.2) is 61.3 Å². The number of aryl methyl sites for hydroxylation is 2. The van der Waals surface area contributed by atoms with Crippen molar-refractivity contribution in [3.8, 4) is 0 Å². The molecule has 3 rings (SSSR count). The molecule has 5 nitrogen and oxygen atoms in total. The normalized spacial score (nSPS) is 16.2. The zero-order valence-electron chi connectivity index (χ0n) is 18.4. The molecule has 1 fully saturated rings. The molecule has 0 saturated carbocycles. The molecule has 0 radical (unpaired) electrons. The second kappa shape index (κ2) is 10.5. The molecule has 1 N–H and O–H groups in total. The molecule has 0 aromatic heterocycles. The fourth-order valence-corrected chi connectivity index (χ4v) is 3.76. The summed E-state index contributed by atoms with van der Waals surface area (Å²) in [6.07, 6.45) is 0.433. The van der Waals surface area contributed by atoms with Gasteiger partial charge in [0.15, 0.2) is 5.78 Å². The number of nitrogens with zero attached hydrogens (tertiary/aromatic N) is 2. The molecule has 1 aliphatic heterocycles. The Bertz CT molecular complexity index is 858. The Labute approximate surface area is 180 Å². The highest BCUT2D eigenvalue weighted by Gasteiger charge is 2.21. The Balaban J connectivity index is 1.58. The predicted molar refractivity (Wildman–Crippen MR) is 121 cm³/mol. The molecule has 1 heterocycles. The number of Topliss-reactive ketones (excluding diaryl/α,β-unsaturated/α-hetero) is 1. The van der Waals surface area contributed by atoms with Crippen molar-refractivity contribution in [2.75, 3.05) is 39.8 Å². The molecule has 1 aliphatic rings. The van der Waals surface area contributed by atoms with Crippen molar-refractivity contribution in [2.24, 2.45) is 0 Å². The molecule has 1 unspecified atom stereocenters. The molecule has 1 saturated heterocycles. The summed E-state index contributed by atoms with van der Waals surface area (Å²) in [6.45, 7) is 8.90. The number of benzene rings is 2. The van der Waals surface area contributed by atoms with Gasteiger partial charge in [0.25, 0.3) is 0 Å². The number of likely N-dealkylation sites (N-methyl/N-ethyl adjacent to an activating group) is 1. The standard InChI is InChI=1S/C25H33N3O2/c1-19-9-10-22(17-20(19)2)24(29)11-12-25(30)26-23(21-7-5-4-6-8-21)18-28-15-13-27(3)14-16-28/h4-10,17,23H,11-16,18H2,1-3H3,(H,26,30). The van der Waals surface area contributed by atoms with Gasteiger partial charge in [-0.15, -0.1) is 0 Å². The average Bonchev–Trinajstić information content (AvgIpc) is 2.75. The Morgan fingerprint density at radius 3 is 2.30 bits per heavy atom. The number of rotatable bonds is 8. The summed E-state index contributed by atoms with van der Waals surface area (Å²) in [6, 6.07) is 15.8. The van der Waals surface area contributed by atoms with E-state index >= 15 is 0 Å². The molecular weight excluding hydrogens is 374 g/mol. The molecule has 0 bridgehead atoms. The Morgan fingerprint density at radius 1 is 0.933 bits per heavy atom. The first-order valence-electron chi connectivity index (χ1n) is 10.8. The highest BCUT2D eigenvalue weighted by Crippen LogP contribution is 2.17. The van der Waals surface area contributed by atoms with Gasteiger partial charge in [0.1, 0.15) is 0 Å². The van der Waals surface area contributed by atoms with Crippen molar-refractivity contribution < 1.29 is 9.59 Å². The third-order valence-electron chi connectivity index (χ3n) is 5.98. The number of carbonyl (C=O) groups is 2.